The number of nitrogens with two attached hydrogens (primary N) is 1. The molecule has 0 saturated heterocycles. The van der Waals surface area contributed by atoms with Gasteiger partial charge >= 0.3 is 0 Å². The molecular weight excluding hydrogens is 324 g/mol. The number of hydrogen-bond acceptors (Lipinski definition) is 3. The van der Waals surface area contributed by atoms with Crippen LogP contribution in [0, 0.1) is 0 Å². The number of carbonyl (C=O) groups excluding carboxylic acids is 1. The van der Waals surface area contributed by atoms with Crippen molar-refractivity contribution in [3.05, 3.63) is 52.5 Å². The Morgan fingerprint density at radius 1 is 1.21 bits per heavy atom. The first-order valence-electron chi connectivity index (χ1n) is 5.76. The molecule has 1 atom stereocenters. The lowest BCUT2D eigenvalue weighted by Gasteiger charge is -2.24. The highest BCUT2D eigenvalue weighted by Crippen LogP contribution is 2.44. The minimum atomic E-state index is -0.228. The predicted molar refractivity (Wildman–Crippen MR) is 82.2 cm³/mol. The van der Waals surface area contributed by atoms with Gasteiger partial charge in [-0.05, 0) is 35.9 Å². The number of thioether (sulfide) groups is 1. The number of amides is 1. The number of hydrogen-bond donors (Lipinski definition) is 2. The molecule has 1 amide bonds. The molecule has 1 aliphatic heterocycles. The second kappa shape index (κ2) is 4.90. The predicted octanol–water partition coefficient (Wildman–Crippen LogP) is 3.82. The maximum atomic E-state index is 12.2. The number of nitrogens with one attached hydrogen (secondary N) is 1. The highest BCUT2D eigenvalue weighted by molar-refractivity contribution is 9.10. The normalized spacial score (nSPS) is 17.7. The molecule has 2 aromatic rings. The van der Waals surface area contributed by atoms with E-state index in [0.717, 1.165) is 20.6 Å². The summed E-state index contributed by atoms with van der Waals surface area (Å²) in [6.45, 7) is 0. The minimum absolute atomic E-state index is 0.0128. The molecule has 5 heteroatoms. The van der Waals surface area contributed by atoms with Gasteiger partial charge in [0.05, 0.1) is 5.69 Å². The Hall–Kier alpha value is -1.46. The minimum Gasteiger partial charge on any atom is -0.399 e. The first-order valence-corrected chi connectivity index (χ1v) is 7.43. The van der Waals surface area contributed by atoms with Gasteiger partial charge in [-0.15, -0.1) is 11.8 Å². The highest BCUT2D eigenvalue weighted by atomic mass is 79.9. The van der Waals surface area contributed by atoms with Crippen LogP contribution in [0.3, 0.4) is 0 Å². The average Bonchev–Trinajstić information content (AvgIpc) is 2.37. The number of rotatable bonds is 1. The Morgan fingerprint density at radius 2 is 2.05 bits per heavy atom. The molecule has 96 valence electrons. The molecule has 19 heavy (non-hydrogen) atoms. The van der Waals surface area contributed by atoms with Gasteiger partial charge in [-0.2, -0.15) is 0 Å². The van der Waals surface area contributed by atoms with Crippen LogP contribution in [-0.4, -0.2) is 5.91 Å². The van der Waals surface area contributed by atoms with Gasteiger partial charge in [-0.3, -0.25) is 4.79 Å². The van der Waals surface area contributed by atoms with Crippen molar-refractivity contribution >= 4 is 45.0 Å². The number of nitrogen functional groups attached to an aromatic ring is 1. The van der Waals surface area contributed by atoms with E-state index in [4.69, 9.17) is 5.73 Å². The third kappa shape index (κ3) is 2.48. The van der Waals surface area contributed by atoms with E-state index in [1.807, 2.05) is 36.4 Å². The summed E-state index contributed by atoms with van der Waals surface area (Å²) in [5.41, 5.74) is 8.16. The monoisotopic (exact) mass is 334 g/mol. The van der Waals surface area contributed by atoms with Gasteiger partial charge in [-0.1, -0.05) is 28.1 Å². The van der Waals surface area contributed by atoms with Crippen molar-refractivity contribution in [3.63, 3.8) is 0 Å². The quantitative estimate of drug-likeness (QED) is 0.779. The second-order valence-corrected chi connectivity index (χ2v) is 6.36. The lowest BCUT2D eigenvalue weighted by Crippen LogP contribution is -2.23. The van der Waals surface area contributed by atoms with E-state index in [1.165, 1.54) is 0 Å². The molecule has 0 bridgehead atoms. The fourth-order valence-corrected chi connectivity index (χ4v) is 3.52. The SMILES string of the molecule is Nc1ccc2c(c1)NC(=O)C(c1cccc(Br)c1)S2. The lowest BCUT2D eigenvalue weighted by molar-refractivity contribution is -0.115. The van der Waals surface area contributed by atoms with Gasteiger partial charge in [0.2, 0.25) is 5.91 Å². The zero-order valence-electron chi connectivity index (χ0n) is 9.89. The summed E-state index contributed by atoms with van der Waals surface area (Å²) in [4.78, 5) is 13.2. The van der Waals surface area contributed by atoms with Gasteiger partial charge in [-0.25, -0.2) is 0 Å². The molecule has 2 aromatic carbocycles. The van der Waals surface area contributed by atoms with Crippen molar-refractivity contribution in [2.75, 3.05) is 11.1 Å². The van der Waals surface area contributed by atoms with Gasteiger partial charge in [0, 0.05) is 15.1 Å². The Balaban J connectivity index is 1.98. The maximum Gasteiger partial charge on any atom is 0.242 e. The molecule has 0 radical (unpaired) electrons. The summed E-state index contributed by atoms with van der Waals surface area (Å²) in [6, 6.07) is 13.4. The van der Waals surface area contributed by atoms with E-state index >= 15 is 0 Å². The Bertz CT molecular complexity index is 660. The molecule has 0 fully saturated rings. The third-order valence-corrected chi connectivity index (χ3v) is 4.72. The summed E-state index contributed by atoms with van der Waals surface area (Å²) in [6.07, 6.45) is 0. The molecular formula is C14H11BrN2OS. The molecule has 0 aliphatic carbocycles. The van der Waals surface area contributed by atoms with Crippen molar-refractivity contribution in [1.82, 2.24) is 0 Å². The second-order valence-electron chi connectivity index (χ2n) is 4.30. The number of benzene rings is 2. The van der Waals surface area contributed by atoms with Crippen LogP contribution in [0.25, 0.3) is 0 Å². The molecule has 1 unspecified atom stereocenters. The number of halogens is 1. The third-order valence-electron chi connectivity index (χ3n) is 2.90. The number of fused-ring (bicyclic) bond motifs is 1. The molecule has 3 N–H and O–H groups in total. The summed E-state index contributed by atoms with van der Waals surface area (Å²) in [5.74, 6) is -0.0128. The Morgan fingerprint density at radius 3 is 2.84 bits per heavy atom. The van der Waals surface area contributed by atoms with Crippen molar-refractivity contribution in [2.45, 2.75) is 10.1 Å². The fourth-order valence-electron chi connectivity index (χ4n) is 2.02. The molecule has 0 aromatic heterocycles. The van der Waals surface area contributed by atoms with E-state index in [-0.39, 0.29) is 11.2 Å². The van der Waals surface area contributed by atoms with Crippen LogP contribution in [0.2, 0.25) is 0 Å². The first kappa shape index (κ1) is 12.6. The topological polar surface area (TPSA) is 55.1 Å². The first-order chi connectivity index (χ1) is 9.13. The fraction of sp³-hybridized carbons (Fsp3) is 0.0714. The molecule has 3 rings (SSSR count). The zero-order chi connectivity index (χ0) is 13.4. The van der Waals surface area contributed by atoms with Gasteiger partial charge in [0.15, 0.2) is 0 Å². The summed E-state index contributed by atoms with van der Waals surface area (Å²) < 4.78 is 0.974. The molecule has 3 nitrogen and oxygen atoms in total. The van der Waals surface area contributed by atoms with Crippen LogP contribution in [-0.2, 0) is 4.79 Å². The van der Waals surface area contributed by atoms with Gasteiger partial charge in [0.1, 0.15) is 5.25 Å². The van der Waals surface area contributed by atoms with Crippen LogP contribution >= 0.6 is 27.7 Å². The largest absolute Gasteiger partial charge is 0.399 e. The zero-order valence-corrected chi connectivity index (χ0v) is 12.3. The standard InChI is InChI=1S/C14H11BrN2OS/c15-9-3-1-2-8(6-9)13-14(18)17-11-7-10(16)4-5-12(11)19-13/h1-7,13H,16H2,(H,17,18). The van der Waals surface area contributed by atoms with Crippen molar-refractivity contribution in [1.29, 1.82) is 0 Å². The van der Waals surface area contributed by atoms with Gasteiger partial charge in [0.25, 0.3) is 0 Å². The van der Waals surface area contributed by atoms with Crippen molar-refractivity contribution in [3.8, 4) is 0 Å². The van der Waals surface area contributed by atoms with E-state index in [9.17, 15) is 4.79 Å². The van der Waals surface area contributed by atoms with Crippen molar-refractivity contribution in [2.24, 2.45) is 0 Å². The molecule has 0 spiro atoms. The van der Waals surface area contributed by atoms with Crippen LogP contribution in [0.15, 0.2) is 51.8 Å². The maximum absolute atomic E-state index is 12.2. The molecule has 1 heterocycles. The van der Waals surface area contributed by atoms with E-state index in [1.54, 1.807) is 17.8 Å². The van der Waals surface area contributed by atoms with E-state index < -0.39 is 0 Å². The smallest absolute Gasteiger partial charge is 0.242 e. The molecule has 0 saturated carbocycles. The van der Waals surface area contributed by atoms with Crippen LogP contribution in [0.4, 0.5) is 11.4 Å². The van der Waals surface area contributed by atoms with Crippen LogP contribution < -0.4 is 11.1 Å². The number of anilines is 2. The highest BCUT2D eigenvalue weighted by Gasteiger charge is 2.28. The summed E-state index contributed by atoms with van der Waals surface area (Å²) >= 11 is 4.98. The average molecular weight is 335 g/mol. The lowest BCUT2D eigenvalue weighted by atomic mass is 10.1. The van der Waals surface area contributed by atoms with E-state index in [0.29, 0.717) is 5.69 Å². The summed E-state index contributed by atoms with van der Waals surface area (Å²) in [7, 11) is 0. The Kier molecular flexibility index (Phi) is 3.24. The Labute approximate surface area is 123 Å². The van der Waals surface area contributed by atoms with Gasteiger partial charge < -0.3 is 11.1 Å². The van der Waals surface area contributed by atoms with Crippen molar-refractivity contribution < 1.29 is 4.79 Å². The molecule has 1 aliphatic rings. The summed E-state index contributed by atoms with van der Waals surface area (Å²) in [5, 5.41) is 2.69. The number of carbonyl (C=O) groups is 1. The van der Waals surface area contributed by atoms with E-state index in [2.05, 4.69) is 21.2 Å². The van der Waals surface area contributed by atoms with Crippen LogP contribution in [0.5, 0.6) is 0 Å². The van der Waals surface area contributed by atoms with Crippen LogP contribution in [0.1, 0.15) is 10.8 Å².